The zero-order chi connectivity index (χ0) is 17.2. The lowest BCUT2D eigenvalue weighted by Crippen LogP contribution is -2.31. The van der Waals surface area contributed by atoms with E-state index in [-0.39, 0.29) is 17.9 Å². The van der Waals surface area contributed by atoms with Crippen molar-refractivity contribution in [2.24, 2.45) is 0 Å². The first-order valence-corrected chi connectivity index (χ1v) is 8.86. The van der Waals surface area contributed by atoms with E-state index >= 15 is 0 Å². The molecular formula is C17H16N4O2S. The molecule has 0 saturated carbocycles. The molecule has 0 unspecified atom stereocenters. The Balaban J connectivity index is 2.14. The van der Waals surface area contributed by atoms with Gasteiger partial charge >= 0.3 is 0 Å². The lowest BCUT2D eigenvalue weighted by atomic mass is 10.2. The third-order valence-corrected chi connectivity index (χ3v) is 5.56. The van der Waals surface area contributed by atoms with Crippen molar-refractivity contribution in [3.05, 3.63) is 54.4 Å². The van der Waals surface area contributed by atoms with Gasteiger partial charge in [0, 0.05) is 24.3 Å². The summed E-state index contributed by atoms with van der Waals surface area (Å²) >= 11 is 0. The van der Waals surface area contributed by atoms with Crippen LogP contribution in [0.3, 0.4) is 0 Å². The standard InChI is InChI=1S/C17H16N4O2S/c1-13-5-2-6-14(11-13)21(10-4-8-18)24(22,23)16-12-20-17-15(16)7-3-9-19-17/h2-3,5-7,9,11-12H,4,10H2,1H3,(H,19,20). The lowest BCUT2D eigenvalue weighted by Gasteiger charge is -2.23. The van der Waals surface area contributed by atoms with Gasteiger partial charge < -0.3 is 4.98 Å². The van der Waals surface area contributed by atoms with E-state index in [1.165, 1.54) is 10.5 Å². The van der Waals surface area contributed by atoms with E-state index in [0.29, 0.717) is 16.7 Å². The molecule has 0 amide bonds. The molecule has 2 heterocycles. The molecule has 122 valence electrons. The SMILES string of the molecule is Cc1cccc(N(CCC#N)S(=O)(=O)c2c[nH]c3ncccc23)c1. The van der Waals surface area contributed by atoms with Gasteiger partial charge in [-0.25, -0.2) is 13.4 Å². The molecule has 0 aliphatic rings. The molecule has 6 nitrogen and oxygen atoms in total. The Morgan fingerprint density at radius 3 is 2.88 bits per heavy atom. The van der Waals surface area contributed by atoms with E-state index in [1.807, 2.05) is 19.1 Å². The second-order valence-electron chi connectivity index (χ2n) is 5.38. The molecule has 24 heavy (non-hydrogen) atoms. The summed E-state index contributed by atoms with van der Waals surface area (Å²) in [5, 5.41) is 9.43. The number of nitriles is 1. The van der Waals surface area contributed by atoms with E-state index < -0.39 is 10.0 Å². The number of hydrogen-bond donors (Lipinski definition) is 1. The number of aryl methyl sites for hydroxylation is 1. The fourth-order valence-electron chi connectivity index (χ4n) is 2.59. The molecule has 7 heteroatoms. The van der Waals surface area contributed by atoms with Gasteiger partial charge in [0.05, 0.1) is 18.2 Å². The van der Waals surface area contributed by atoms with Gasteiger partial charge in [-0.2, -0.15) is 5.26 Å². The van der Waals surface area contributed by atoms with Crippen LogP contribution in [0.15, 0.2) is 53.7 Å². The fourth-order valence-corrected chi connectivity index (χ4v) is 4.20. The van der Waals surface area contributed by atoms with Crippen molar-refractivity contribution in [3.63, 3.8) is 0 Å². The van der Waals surface area contributed by atoms with Crippen molar-refractivity contribution < 1.29 is 8.42 Å². The summed E-state index contributed by atoms with van der Waals surface area (Å²) in [7, 11) is -3.82. The summed E-state index contributed by atoms with van der Waals surface area (Å²) in [5.74, 6) is 0. The molecule has 0 fully saturated rings. The average Bonchev–Trinajstić information content (AvgIpc) is 3.00. The largest absolute Gasteiger partial charge is 0.345 e. The molecule has 0 aliphatic heterocycles. The maximum Gasteiger partial charge on any atom is 0.266 e. The quantitative estimate of drug-likeness (QED) is 0.773. The van der Waals surface area contributed by atoms with Crippen molar-refractivity contribution in [2.75, 3.05) is 10.8 Å². The summed E-state index contributed by atoms with van der Waals surface area (Å²) in [4.78, 5) is 7.18. The van der Waals surface area contributed by atoms with Crippen molar-refractivity contribution in [1.82, 2.24) is 9.97 Å². The first-order chi connectivity index (χ1) is 11.5. The third kappa shape index (κ3) is 2.84. The first kappa shape index (κ1) is 16.0. The Hall–Kier alpha value is -2.85. The normalized spacial score (nSPS) is 11.3. The van der Waals surface area contributed by atoms with E-state index in [0.717, 1.165) is 5.56 Å². The van der Waals surface area contributed by atoms with Crippen LogP contribution in [0.5, 0.6) is 0 Å². The van der Waals surface area contributed by atoms with Gasteiger partial charge in [0.25, 0.3) is 10.0 Å². The number of H-pyrrole nitrogens is 1. The molecule has 1 N–H and O–H groups in total. The number of aromatic nitrogens is 2. The van der Waals surface area contributed by atoms with Crippen molar-refractivity contribution in [1.29, 1.82) is 5.26 Å². The number of aromatic amines is 1. The summed E-state index contributed by atoms with van der Waals surface area (Å²) in [6.45, 7) is 1.99. The van der Waals surface area contributed by atoms with E-state index in [4.69, 9.17) is 5.26 Å². The summed E-state index contributed by atoms with van der Waals surface area (Å²) in [6, 6.07) is 12.6. The molecule has 1 aromatic carbocycles. The second-order valence-corrected chi connectivity index (χ2v) is 7.21. The fraction of sp³-hybridized carbons (Fsp3) is 0.176. The summed E-state index contributed by atoms with van der Waals surface area (Å²) in [5.41, 5.74) is 2.01. The van der Waals surface area contributed by atoms with Crippen LogP contribution < -0.4 is 4.31 Å². The highest BCUT2D eigenvalue weighted by Gasteiger charge is 2.27. The molecule has 0 radical (unpaired) electrons. The summed E-state index contributed by atoms with van der Waals surface area (Å²) < 4.78 is 27.7. The van der Waals surface area contributed by atoms with E-state index in [1.54, 1.807) is 36.5 Å². The van der Waals surface area contributed by atoms with Crippen LogP contribution in [0.1, 0.15) is 12.0 Å². The van der Waals surface area contributed by atoms with Gasteiger partial charge in [0.2, 0.25) is 0 Å². The highest BCUT2D eigenvalue weighted by molar-refractivity contribution is 7.93. The smallest absolute Gasteiger partial charge is 0.266 e. The monoisotopic (exact) mass is 340 g/mol. The number of hydrogen-bond acceptors (Lipinski definition) is 4. The second kappa shape index (κ2) is 6.34. The number of nitrogens with one attached hydrogen (secondary N) is 1. The third-order valence-electron chi connectivity index (χ3n) is 3.70. The molecular weight excluding hydrogens is 324 g/mol. The zero-order valence-electron chi connectivity index (χ0n) is 13.1. The lowest BCUT2D eigenvalue weighted by molar-refractivity contribution is 0.592. The van der Waals surface area contributed by atoms with E-state index in [2.05, 4.69) is 9.97 Å². The maximum atomic E-state index is 13.2. The van der Waals surface area contributed by atoms with Crippen molar-refractivity contribution in [2.45, 2.75) is 18.2 Å². The number of pyridine rings is 1. The molecule has 2 aromatic heterocycles. The minimum absolute atomic E-state index is 0.0925. The Morgan fingerprint density at radius 1 is 1.29 bits per heavy atom. The number of anilines is 1. The van der Waals surface area contributed by atoms with Gasteiger partial charge in [-0.05, 0) is 36.8 Å². The van der Waals surface area contributed by atoms with Crippen molar-refractivity contribution >= 4 is 26.7 Å². The topological polar surface area (TPSA) is 89.9 Å². The van der Waals surface area contributed by atoms with Gasteiger partial charge in [-0.1, -0.05) is 12.1 Å². The van der Waals surface area contributed by atoms with Gasteiger partial charge in [0.1, 0.15) is 10.5 Å². The number of rotatable bonds is 5. The van der Waals surface area contributed by atoms with Crippen LogP contribution in [0.4, 0.5) is 5.69 Å². The molecule has 0 atom stereocenters. The highest BCUT2D eigenvalue weighted by atomic mass is 32.2. The number of nitrogens with zero attached hydrogens (tertiary/aromatic N) is 3. The number of fused-ring (bicyclic) bond motifs is 1. The summed E-state index contributed by atoms with van der Waals surface area (Å²) in [6.07, 6.45) is 3.15. The molecule has 0 aliphatic carbocycles. The number of benzene rings is 1. The first-order valence-electron chi connectivity index (χ1n) is 7.42. The Kier molecular flexibility index (Phi) is 4.23. The minimum atomic E-state index is -3.82. The van der Waals surface area contributed by atoms with Crippen molar-refractivity contribution in [3.8, 4) is 6.07 Å². The van der Waals surface area contributed by atoms with Crippen LogP contribution in [0.2, 0.25) is 0 Å². The van der Waals surface area contributed by atoms with Crippen LogP contribution in [0, 0.1) is 18.3 Å². The molecule has 0 saturated heterocycles. The minimum Gasteiger partial charge on any atom is -0.345 e. The highest BCUT2D eigenvalue weighted by Crippen LogP contribution is 2.28. The van der Waals surface area contributed by atoms with E-state index in [9.17, 15) is 8.42 Å². The Labute approximate surface area is 140 Å². The van der Waals surface area contributed by atoms with Gasteiger partial charge in [0.15, 0.2) is 0 Å². The van der Waals surface area contributed by atoms with Crippen LogP contribution in [-0.2, 0) is 10.0 Å². The number of sulfonamides is 1. The van der Waals surface area contributed by atoms with Gasteiger partial charge in [-0.3, -0.25) is 4.31 Å². The molecule has 0 bridgehead atoms. The molecule has 3 rings (SSSR count). The Morgan fingerprint density at radius 2 is 2.12 bits per heavy atom. The van der Waals surface area contributed by atoms with Crippen LogP contribution in [0.25, 0.3) is 11.0 Å². The maximum absolute atomic E-state index is 13.2. The predicted octanol–water partition coefficient (Wildman–Crippen LogP) is 2.98. The van der Waals surface area contributed by atoms with Crippen LogP contribution in [-0.4, -0.2) is 24.9 Å². The Bertz CT molecular complexity index is 1020. The van der Waals surface area contributed by atoms with Gasteiger partial charge in [-0.15, -0.1) is 0 Å². The zero-order valence-corrected chi connectivity index (χ0v) is 13.9. The average molecular weight is 340 g/mol. The molecule has 3 aromatic rings. The predicted molar refractivity (Wildman–Crippen MR) is 92.0 cm³/mol. The van der Waals surface area contributed by atoms with Crippen LogP contribution >= 0.6 is 0 Å². The molecule has 0 spiro atoms.